The van der Waals surface area contributed by atoms with Gasteiger partial charge in [0.1, 0.15) is 104 Å². The first-order valence-electron chi connectivity index (χ1n) is 15.4. The van der Waals surface area contributed by atoms with E-state index in [2.05, 4.69) is 0 Å². The summed E-state index contributed by atoms with van der Waals surface area (Å²) < 4.78 is 0. The molecule has 0 heterocycles. The smallest absolute Gasteiger partial charge is 0.547 e. The van der Waals surface area contributed by atoms with Gasteiger partial charge in [0.05, 0.1) is 50.3 Å². The average molecular weight is 935 g/mol. The molecule has 0 aromatic carbocycles. The van der Waals surface area contributed by atoms with E-state index in [4.69, 9.17) is 112 Å². The van der Waals surface area contributed by atoms with E-state index in [9.17, 15) is 44.4 Å². The second kappa shape index (κ2) is 39.2. The van der Waals surface area contributed by atoms with Crippen molar-refractivity contribution in [3.63, 3.8) is 0 Å². The fraction of sp³-hybridized carbons (Fsp3) is 0.815. The van der Waals surface area contributed by atoms with Crippen molar-refractivity contribution in [3.05, 3.63) is 0 Å². The van der Waals surface area contributed by atoms with Crippen molar-refractivity contribution in [2.24, 2.45) is 0 Å². The molecule has 0 aliphatic rings. The molecule has 0 saturated heterocycles. The summed E-state index contributed by atoms with van der Waals surface area (Å²) in [5.41, 5.74) is 0. The summed E-state index contributed by atoms with van der Waals surface area (Å²) in [7, 11) is 0. The molecule has 0 amide bonds. The summed E-state index contributed by atoms with van der Waals surface area (Å²) in [5, 5.41) is 230. The summed E-state index contributed by atoms with van der Waals surface area (Å²) in [6, 6.07) is 0. The molecule has 0 rings (SSSR count). The van der Waals surface area contributed by atoms with Gasteiger partial charge < -0.3 is 152 Å². The van der Waals surface area contributed by atoms with Crippen LogP contribution in [0.15, 0.2) is 0 Å². The zero-order valence-electron chi connectivity index (χ0n) is 31.1. The minimum absolute atomic E-state index is 0. The maximum Gasteiger partial charge on any atom is 2.00 e. The Morgan fingerprint density at radius 1 is 0.367 bits per heavy atom. The summed E-state index contributed by atoms with van der Waals surface area (Å²) in [6.45, 7) is -2.26. The molecular weight excluding hydrogens is 885 g/mol. The topological polar surface area (TPSA) is 623 Å². The first-order valence-corrected chi connectivity index (χ1v) is 15.4. The first kappa shape index (κ1) is 73.0. The first-order chi connectivity index (χ1) is 26.3. The predicted molar refractivity (Wildman–Crippen MR) is 175 cm³/mol. The third-order valence-corrected chi connectivity index (χ3v) is 6.34. The van der Waals surface area contributed by atoms with Gasteiger partial charge in [0, 0.05) is 0 Å². The van der Waals surface area contributed by atoms with Crippen LogP contribution in [0.4, 0.5) is 0 Å². The molecule has 0 spiro atoms. The van der Waals surface area contributed by atoms with Crippen LogP contribution in [-0.4, -0.2) is 333 Å². The van der Waals surface area contributed by atoms with Crippen molar-refractivity contribution in [1.29, 1.82) is 0 Å². The number of hydrogen-bond acceptors (Lipinski definition) is 30. The minimum atomic E-state index is -2.31. The van der Waals surface area contributed by atoms with Crippen LogP contribution in [-0.2, 0) is 24.0 Å². The minimum Gasteiger partial charge on any atom is -0.547 e. The van der Waals surface area contributed by atoms with E-state index < -0.39 is 160 Å². The van der Waals surface area contributed by atoms with Crippen LogP contribution in [0.1, 0.15) is 6.92 Å². The Morgan fingerprint density at radius 3 is 0.550 bits per heavy atom. The third kappa shape index (κ3) is 31.4. The van der Waals surface area contributed by atoms with E-state index in [1.165, 1.54) is 6.92 Å². The summed E-state index contributed by atoms with van der Waals surface area (Å²) >= 11 is 0. The number of rotatable bonds is 21. The number of carbonyl (C=O) groups excluding carboxylic acids is 4. The van der Waals surface area contributed by atoms with Crippen LogP contribution < -0.4 is 20.4 Å². The summed E-state index contributed by atoms with van der Waals surface area (Å²) in [5.74, 6) is -9.09. The monoisotopic (exact) mass is 934 g/mol. The van der Waals surface area contributed by atoms with Gasteiger partial charge in [0.25, 0.3) is 0 Å². The Kier molecular flexibility index (Phi) is 47.6. The van der Waals surface area contributed by atoms with Gasteiger partial charge in [-0.2, -0.15) is 0 Å². The molecular formula is C27H50CaMgO31. The van der Waals surface area contributed by atoms with Crippen LogP contribution in [0.5, 0.6) is 0 Å². The van der Waals surface area contributed by atoms with Gasteiger partial charge in [-0.3, -0.25) is 0 Å². The van der Waals surface area contributed by atoms with Crippen LogP contribution in [0.25, 0.3) is 0 Å². The SMILES string of the molecule is CC(O)C(=O)O.O=C([O-])C(O)C(O)C(O)C(O)CO.O=C([O-])C(O)C(O)C(O)C(O)CO.O=C([O-])C(O)C(O)C(O)C(O)CO.O=C([O-])C(O)C(O)C(O)C(O)CO.[Ca+2].[Mg+2]. The summed E-state index contributed by atoms with van der Waals surface area (Å²) in [4.78, 5) is 49.4. The molecule has 0 bridgehead atoms. The molecule has 0 aromatic heterocycles. The van der Waals surface area contributed by atoms with E-state index in [0.717, 1.165) is 0 Å². The Hall–Kier alpha value is -1.46. The average Bonchev–Trinajstić information content (AvgIpc) is 3.19. The Labute approximate surface area is 382 Å². The molecule has 0 saturated carbocycles. The summed E-state index contributed by atoms with van der Waals surface area (Å²) in [6.07, 6.45) is -33.5. The molecule has 22 N–H and O–H groups in total. The van der Waals surface area contributed by atoms with E-state index >= 15 is 0 Å². The van der Waals surface area contributed by atoms with Crippen molar-refractivity contribution < 1.29 is 157 Å². The van der Waals surface area contributed by atoms with Crippen molar-refractivity contribution in [2.45, 2.75) is 111 Å². The van der Waals surface area contributed by atoms with Gasteiger partial charge in [-0.25, -0.2) is 4.79 Å². The van der Waals surface area contributed by atoms with E-state index in [1.54, 1.807) is 0 Å². The van der Waals surface area contributed by atoms with Crippen molar-refractivity contribution in [1.82, 2.24) is 0 Å². The molecule has 348 valence electrons. The van der Waals surface area contributed by atoms with E-state index in [-0.39, 0.29) is 60.8 Å². The molecule has 0 aromatic rings. The Balaban J connectivity index is -0.000000118. The molecule has 0 fully saturated rings. The number of aliphatic hydroxyl groups excluding tert-OH is 21. The van der Waals surface area contributed by atoms with Gasteiger partial charge in [-0.05, 0) is 6.92 Å². The van der Waals surface area contributed by atoms with Gasteiger partial charge in [0.2, 0.25) is 0 Å². The number of carboxylic acid groups (broad SMARTS) is 5. The molecule has 60 heavy (non-hydrogen) atoms. The second-order valence-electron chi connectivity index (χ2n) is 11.0. The Bertz CT molecular complexity index is 988. The largest absolute Gasteiger partial charge is 2.00 e. The van der Waals surface area contributed by atoms with Crippen LogP contribution in [0.3, 0.4) is 0 Å². The standard InChI is InChI=1S/4C6H12O7.C3H6O3.Ca.Mg/c4*7-1-2(8)3(9)4(10)5(11)6(12)13;1-2(4)3(5)6;;/h4*2-5,7-11H,1H2,(H,12,13);2,4H,1H3,(H,5,6);;/q;;;;;2*+2/p-4. The maximum absolute atomic E-state index is 9.98. The molecule has 0 aliphatic heterocycles. The second-order valence-corrected chi connectivity index (χ2v) is 11.0. The quantitative estimate of drug-likeness (QED) is 0.0475. The van der Waals surface area contributed by atoms with E-state index in [1.807, 2.05) is 0 Å². The third-order valence-electron chi connectivity index (χ3n) is 6.34. The zero-order chi connectivity index (χ0) is 47.5. The molecule has 33 heteroatoms. The van der Waals surface area contributed by atoms with Gasteiger partial charge in [0.15, 0.2) is 0 Å². The van der Waals surface area contributed by atoms with Crippen molar-refractivity contribution in [3.8, 4) is 0 Å². The fourth-order valence-corrected chi connectivity index (χ4v) is 2.65. The van der Waals surface area contributed by atoms with Crippen LogP contribution in [0, 0.1) is 0 Å². The predicted octanol–water partition coefficient (Wildman–Crippen LogP) is -20.6. The molecule has 17 atom stereocenters. The normalized spacial score (nSPS) is 19.0. The van der Waals surface area contributed by atoms with Crippen LogP contribution >= 0.6 is 0 Å². The Morgan fingerprint density at radius 2 is 0.483 bits per heavy atom. The van der Waals surface area contributed by atoms with Gasteiger partial charge in [-0.1, -0.05) is 0 Å². The van der Waals surface area contributed by atoms with Gasteiger partial charge >= 0.3 is 66.8 Å². The number of carboxylic acids is 5. The zero-order valence-corrected chi connectivity index (χ0v) is 34.7. The van der Waals surface area contributed by atoms with Crippen LogP contribution in [0.2, 0.25) is 0 Å². The molecule has 17 unspecified atom stereocenters. The number of aliphatic hydroxyl groups is 21. The van der Waals surface area contributed by atoms with Crippen molar-refractivity contribution >= 4 is 90.6 Å². The molecule has 31 nitrogen and oxygen atoms in total. The number of aliphatic carboxylic acids is 5. The fourth-order valence-electron chi connectivity index (χ4n) is 2.65. The van der Waals surface area contributed by atoms with Gasteiger partial charge in [-0.15, -0.1) is 0 Å². The molecule has 0 radical (unpaired) electrons. The van der Waals surface area contributed by atoms with Crippen molar-refractivity contribution in [2.75, 3.05) is 26.4 Å². The maximum atomic E-state index is 9.98. The number of hydrogen-bond donors (Lipinski definition) is 22. The van der Waals surface area contributed by atoms with E-state index in [0.29, 0.717) is 0 Å². The number of carbonyl (C=O) groups is 5. The molecule has 0 aliphatic carbocycles.